The molecule has 0 aromatic heterocycles. The first-order valence-electron chi connectivity index (χ1n) is 11.9. The highest BCUT2D eigenvalue weighted by Crippen LogP contribution is 2.49. The van der Waals surface area contributed by atoms with Gasteiger partial charge in [0.25, 0.3) is 6.04 Å². The van der Waals surface area contributed by atoms with E-state index in [-0.39, 0.29) is 36.2 Å². The summed E-state index contributed by atoms with van der Waals surface area (Å²) in [5.41, 5.74) is -0.130. The Bertz CT molecular complexity index is 964. The first kappa shape index (κ1) is 26.8. The third-order valence-corrected chi connectivity index (χ3v) is 12.6. The number of hydroxylamine groups is 2. The van der Waals surface area contributed by atoms with E-state index in [0.29, 0.717) is 0 Å². The van der Waals surface area contributed by atoms with Crippen LogP contribution in [0.2, 0.25) is 37.8 Å². The summed E-state index contributed by atoms with van der Waals surface area (Å²) in [6.45, 7) is 24.8. The summed E-state index contributed by atoms with van der Waals surface area (Å²) >= 11 is 0. The number of amides is 1. The quantitative estimate of drug-likeness (QED) is 0.299. The van der Waals surface area contributed by atoms with Crippen molar-refractivity contribution in [3.8, 4) is 0 Å². The van der Waals surface area contributed by atoms with Crippen molar-refractivity contribution in [2.45, 2.75) is 102 Å². The summed E-state index contributed by atoms with van der Waals surface area (Å²) in [7, 11) is -4.55. The summed E-state index contributed by atoms with van der Waals surface area (Å²) in [4.78, 5) is 36.1. The molecule has 4 atom stereocenters. The van der Waals surface area contributed by atoms with E-state index in [2.05, 4.69) is 38.7 Å². The average molecular weight is 503 g/mol. The largest absolute Gasteiger partial charge is 0.409 e. The molecule has 1 aliphatic carbocycles. The van der Waals surface area contributed by atoms with Gasteiger partial charge in [-0.2, -0.15) is 0 Å². The molecule has 7 nitrogen and oxygen atoms in total. The fraction of sp³-hybridized carbons (Fsp3) is 0.640. The number of hydrogen-bond acceptors (Lipinski definition) is 5. The van der Waals surface area contributed by atoms with Gasteiger partial charge in [0.15, 0.2) is 28.0 Å². The van der Waals surface area contributed by atoms with Crippen LogP contribution >= 0.6 is 0 Å². The molecule has 34 heavy (non-hydrogen) atoms. The van der Waals surface area contributed by atoms with Crippen molar-refractivity contribution in [2.24, 2.45) is 0 Å². The summed E-state index contributed by atoms with van der Waals surface area (Å²) < 4.78 is 13.3. The van der Waals surface area contributed by atoms with E-state index in [1.807, 2.05) is 50.0 Å². The molecule has 1 saturated carbocycles. The van der Waals surface area contributed by atoms with Gasteiger partial charge in [0.05, 0.1) is 12.8 Å². The highest BCUT2D eigenvalue weighted by atomic mass is 28.4. The smallest absolute Gasteiger partial charge is 0.259 e. The fourth-order valence-electron chi connectivity index (χ4n) is 4.33. The summed E-state index contributed by atoms with van der Waals surface area (Å²) in [5, 5.41) is 1.22. The van der Waals surface area contributed by atoms with Crippen LogP contribution in [0.25, 0.3) is 4.85 Å². The number of nitrogens with zero attached hydrogens (tertiary/aromatic N) is 2. The van der Waals surface area contributed by atoms with E-state index >= 15 is 0 Å². The third kappa shape index (κ3) is 5.07. The Labute approximate surface area is 205 Å². The van der Waals surface area contributed by atoms with Crippen LogP contribution in [0.1, 0.15) is 39.2 Å². The van der Waals surface area contributed by atoms with Crippen LogP contribution in [0.15, 0.2) is 30.3 Å². The SMILES string of the molecule is [C-]#[N+][C@@H]1CC(=O)[C@@H](O[Si](C)(C)C(C)(C)C)[C@@H](O[Si](C)(C)C)[C@@]12CC(=O)N2OCc1ccccc1. The normalized spacial score (nSPS) is 28.1. The predicted octanol–water partition coefficient (Wildman–Crippen LogP) is 4.96. The molecular weight excluding hydrogens is 464 g/mol. The van der Waals surface area contributed by atoms with E-state index in [1.54, 1.807) is 0 Å². The average Bonchev–Trinajstić information content (AvgIpc) is 2.71. The second-order valence-electron chi connectivity index (χ2n) is 11.9. The molecule has 2 aliphatic rings. The highest BCUT2D eigenvalue weighted by Gasteiger charge is 2.72. The number of benzene rings is 1. The molecule has 1 aromatic rings. The lowest BCUT2D eigenvalue weighted by Crippen LogP contribution is -2.80. The van der Waals surface area contributed by atoms with Gasteiger partial charge in [-0.1, -0.05) is 51.1 Å². The Morgan fingerprint density at radius 3 is 2.21 bits per heavy atom. The molecule has 0 unspecified atom stereocenters. The molecule has 1 heterocycles. The first-order valence-corrected chi connectivity index (χ1v) is 18.2. The molecule has 0 N–H and O–H groups in total. The predicted molar refractivity (Wildman–Crippen MR) is 136 cm³/mol. The molecule has 1 amide bonds. The topological polar surface area (TPSA) is 69.4 Å². The molecule has 1 aromatic carbocycles. The highest BCUT2D eigenvalue weighted by molar-refractivity contribution is 6.74. The summed E-state index contributed by atoms with van der Waals surface area (Å²) in [5.74, 6) is -0.323. The minimum Gasteiger partial charge on any atom is -0.409 e. The summed E-state index contributed by atoms with van der Waals surface area (Å²) in [6.07, 6.45) is -1.45. The van der Waals surface area contributed by atoms with Crippen molar-refractivity contribution >= 4 is 28.3 Å². The molecule has 1 saturated heterocycles. The maximum atomic E-state index is 13.4. The fourth-order valence-corrected chi connectivity index (χ4v) is 6.66. The lowest BCUT2D eigenvalue weighted by Gasteiger charge is -2.58. The second kappa shape index (κ2) is 9.32. The zero-order valence-electron chi connectivity index (χ0n) is 21.7. The molecular formula is C25H38N2O5Si2. The Morgan fingerprint density at radius 1 is 1.09 bits per heavy atom. The molecule has 186 valence electrons. The zero-order valence-corrected chi connectivity index (χ0v) is 23.7. The molecule has 3 rings (SSSR count). The molecule has 0 radical (unpaired) electrons. The Morgan fingerprint density at radius 2 is 1.71 bits per heavy atom. The van der Waals surface area contributed by atoms with Gasteiger partial charge in [0, 0.05) is 0 Å². The number of ketones is 1. The zero-order chi connectivity index (χ0) is 25.5. The van der Waals surface area contributed by atoms with Gasteiger partial charge in [-0.15, -0.1) is 0 Å². The first-order chi connectivity index (χ1) is 15.6. The molecule has 1 spiro atoms. The van der Waals surface area contributed by atoms with E-state index < -0.39 is 40.4 Å². The molecule has 1 aliphatic heterocycles. The molecule has 0 bridgehead atoms. The number of β-lactam (4-membered cyclic amide) rings is 1. The van der Waals surface area contributed by atoms with E-state index in [9.17, 15) is 9.59 Å². The maximum Gasteiger partial charge on any atom is 0.259 e. The Balaban J connectivity index is 2.03. The van der Waals surface area contributed by atoms with Crippen LogP contribution in [0, 0.1) is 6.57 Å². The van der Waals surface area contributed by atoms with Crippen LogP contribution in [0.4, 0.5) is 0 Å². The minimum absolute atomic E-state index is 0.0207. The van der Waals surface area contributed by atoms with Crippen molar-refractivity contribution in [3.63, 3.8) is 0 Å². The standard InChI is InChI=1S/C25H38N2O5Si2/c1-24(2,3)34(8,9)31-22-19(28)15-20(26-4)25(23(22)32-33(5,6)7)16-21(29)27(25)30-17-18-13-11-10-12-14-18/h10-14,20,22-23H,15-17H2,1-3,5-9H3/t20-,22-,23-,25-/m1/s1. The Hall–Kier alpha value is -1.84. The number of rotatable bonds is 7. The summed E-state index contributed by atoms with van der Waals surface area (Å²) in [6, 6.07) is 8.85. The minimum atomic E-state index is -2.35. The van der Waals surface area contributed by atoms with Crippen LogP contribution < -0.4 is 0 Å². The van der Waals surface area contributed by atoms with Gasteiger partial charge < -0.3 is 13.7 Å². The van der Waals surface area contributed by atoms with E-state index in [0.717, 1.165) is 5.56 Å². The van der Waals surface area contributed by atoms with Gasteiger partial charge in [-0.3, -0.25) is 14.4 Å². The third-order valence-electron chi connectivity index (χ3n) is 7.16. The monoisotopic (exact) mass is 502 g/mol. The second-order valence-corrected chi connectivity index (χ2v) is 21.1. The maximum absolute atomic E-state index is 13.4. The Kier molecular flexibility index (Phi) is 7.33. The number of carbonyl (C=O) groups is 2. The number of hydrogen-bond donors (Lipinski definition) is 0. The van der Waals surface area contributed by atoms with Gasteiger partial charge in [0.2, 0.25) is 5.91 Å². The van der Waals surface area contributed by atoms with Crippen LogP contribution in [-0.2, 0) is 29.9 Å². The van der Waals surface area contributed by atoms with Crippen molar-refractivity contribution < 1.29 is 23.3 Å². The lowest BCUT2D eigenvalue weighted by molar-refractivity contribution is -0.291. The van der Waals surface area contributed by atoms with Crippen LogP contribution in [-0.4, -0.2) is 57.2 Å². The van der Waals surface area contributed by atoms with E-state index in [4.69, 9.17) is 20.3 Å². The van der Waals surface area contributed by atoms with Crippen LogP contribution in [0.5, 0.6) is 0 Å². The van der Waals surface area contributed by atoms with Crippen molar-refractivity contribution in [2.75, 3.05) is 0 Å². The number of Topliss-reactive ketones (excluding diaryl/α,β-unsaturated/α-hetero) is 1. The van der Waals surface area contributed by atoms with Crippen LogP contribution in [0.3, 0.4) is 0 Å². The van der Waals surface area contributed by atoms with Gasteiger partial charge in [-0.05, 0) is 43.3 Å². The van der Waals surface area contributed by atoms with Gasteiger partial charge in [-0.25, -0.2) is 11.6 Å². The van der Waals surface area contributed by atoms with Gasteiger partial charge in [0.1, 0.15) is 18.8 Å². The molecule has 9 heteroatoms. The van der Waals surface area contributed by atoms with Gasteiger partial charge >= 0.3 is 0 Å². The van der Waals surface area contributed by atoms with Crippen molar-refractivity contribution in [1.82, 2.24) is 5.06 Å². The van der Waals surface area contributed by atoms with E-state index in [1.165, 1.54) is 5.06 Å². The number of carbonyl (C=O) groups excluding carboxylic acids is 2. The molecule has 2 fully saturated rings. The van der Waals surface area contributed by atoms with Crippen molar-refractivity contribution in [1.29, 1.82) is 0 Å². The lowest BCUT2D eigenvalue weighted by atomic mass is 9.67. The van der Waals surface area contributed by atoms with Crippen molar-refractivity contribution in [3.05, 3.63) is 47.3 Å².